The smallest absolute Gasteiger partial charge is 0.305 e. The predicted molar refractivity (Wildman–Crippen MR) is 125 cm³/mol. The van der Waals surface area contributed by atoms with Gasteiger partial charge in [-0.25, -0.2) is 0 Å². The quantitative estimate of drug-likeness (QED) is 0.285. The Morgan fingerprint density at radius 2 is 1.40 bits per heavy atom. The molecule has 2 aromatic carbocycles. The van der Waals surface area contributed by atoms with Crippen LogP contribution in [0.15, 0.2) is 66.2 Å². The second kappa shape index (κ2) is 12.4. The number of allylic oxidation sites excluding steroid dienone is 1. The molecule has 1 unspecified atom stereocenters. The van der Waals surface area contributed by atoms with Crippen molar-refractivity contribution in [1.82, 2.24) is 0 Å². The van der Waals surface area contributed by atoms with Crippen LogP contribution in [-0.2, 0) is 9.53 Å². The van der Waals surface area contributed by atoms with Crippen molar-refractivity contribution in [3.63, 3.8) is 0 Å². The highest BCUT2D eigenvalue weighted by Gasteiger charge is 2.23. The van der Waals surface area contributed by atoms with E-state index in [0.29, 0.717) is 6.42 Å². The van der Waals surface area contributed by atoms with Gasteiger partial charge >= 0.3 is 5.97 Å². The zero-order valence-corrected chi connectivity index (χ0v) is 18.4. The third-order valence-electron chi connectivity index (χ3n) is 6.34. The van der Waals surface area contributed by atoms with Crippen molar-refractivity contribution in [3.8, 4) is 0 Å². The van der Waals surface area contributed by atoms with Crippen LogP contribution >= 0.6 is 0 Å². The molecule has 2 heteroatoms. The summed E-state index contributed by atoms with van der Waals surface area (Å²) in [5.41, 5.74) is 5.81. The van der Waals surface area contributed by atoms with Crippen molar-refractivity contribution in [2.75, 3.05) is 7.11 Å². The molecule has 30 heavy (non-hydrogen) atoms. The predicted octanol–water partition coefficient (Wildman–Crippen LogP) is 7.58. The molecular weight excluding hydrogens is 368 g/mol. The third-order valence-corrected chi connectivity index (χ3v) is 6.34. The highest BCUT2D eigenvalue weighted by molar-refractivity contribution is 5.82. The first-order valence-electron chi connectivity index (χ1n) is 11.7. The van der Waals surface area contributed by atoms with E-state index in [1.54, 1.807) is 5.57 Å². The Balaban J connectivity index is 1.47. The molecule has 1 aliphatic carbocycles. The highest BCUT2D eigenvalue weighted by atomic mass is 16.5. The zero-order chi connectivity index (χ0) is 21.0. The van der Waals surface area contributed by atoms with Crippen LogP contribution in [0, 0.1) is 5.92 Å². The Morgan fingerprint density at radius 3 is 2.00 bits per heavy atom. The molecule has 1 atom stereocenters. The third kappa shape index (κ3) is 6.86. The first-order chi connectivity index (χ1) is 14.8. The van der Waals surface area contributed by atoms with Crippen LogP contribution in [0.25, 0.3) is 5.57 Å². The van der Waals surface area contributed by atoms with Gasteiger partial charge in [-0.15, -0.1) is 0 Å². The van der Waals surface area contributed by atoms with Gasteiger partial charge in [0.05, 0.1) is 7.11 Å². The summed E-state index contributed by atoms with van der Waals surface area (Å²) in [4.78, 5) is 11.1. The van der Waals surface area contributed by atoms with Crippen LogP contribution in [0.1, 0.15) is 81.8 Å². The minimum atomic E-state index is -0.0783. The molecule has 0 spiro atoms. The van der Waals surface area contributed by atoms with Crippen molar-refractivity contribution in [2.24, 2.45) is 5.92 Å². The van der Waals surface area contributed by atoms with Gasteiger partial charge in [0.2, 0.25) is 0 Å². The summed E-state index contributed by atoms with van der Waals surface area (Å²) < 4.78 is 4.69. The van der Waals surface area contributed by atoms with E-state index in [-0.39, 0.29) is 5.97 Å². The molecular formula is C28H36O2. The maximum Gasteiger partial charge on any atom is 0.305 e. The van der Waals surface area contributed by atoms with Crippen LogP contribution in [0.2, 0.25) is 0 Å². The lowest BCUT2D eigenvalue weighted by Crippen LogP contribution is -1.99. The van der Waals surface area contributed by atoms with Gasteiger partial charge in [0.25, 0.3) is 0 Å². The van der Waals surface area contributed by atoms with E-state index in [1.807, 2.05) is 0 Å². The number of unbranched alkanes of at least 4 members (excludes halogenated alkanes) is 5. The van der Waals surface area contributed by atoms with Crippen LogP contribution in [0.4, 0.5) is 0 Å². The molecule has 0 amide bonds. The van der Waals surface area contributed by atoms with Gasteiger partial charge in [-0.2, -0.15) is 0 Å². The van der Waals surface area contributed by atoms with Crippen LogP contribution in [0.3, 0.4) is 0 Å². The minimum absolute atomic E-state index is 0.0783. The molecule has 0 aromatic heterocycles. The number of carbonyl (C=O) groups is 1. The van der Waals surface area contributed by atoms with E-state index in [9.17, 15) is 4.79 Å². The fourth-order valence-corrected chi connectivity index (χ4v) is 4.70. The Morgan fingerprint density at radius 1 is 0.833 bits per heavy atom. The molecule has 0 radical (unpaired) electrons. The number of rotatable bonds is 11. The van der Waals surface area contributed by atoms with Gasteiger partial charge in [-0.3, -0.25) is 4.79 Å². The van der Waals surface area contributed by atoms with Gasteiger partial charge in [0, 0.05) is 6.42 Å². The lowest BCUT2D eigenvalue weighted by molar-refractivity contribution is -0.140. The number of hydrogen-bond acceptors (Lipinski definition) is 2. The maximum atomic E-state index is 11.1. The van der Waals surface area contributed by atoms with Gasteiger partial charge in [-0.05, 0) is 48.3 Å². The molecule has 0 heterocycles. The van der Waals surface area contributed by atoms with Crippen molar-refractivity contribution in [2.45, 2.75) is 70.6 Å². The molecule has 1 saturated carbocycles. The zero-order valence-electron chi connectivity index (χ0n) is 18.4. The average molecular weight is 405 g/mol. The molecule has 1 aliphatic rings. The Hall–Kier alpha value is -2.35. The van der Waals surface area contributed by atoms with E-state index in [0.717, 1.165) is 18.8 Å². The molecule has 0 N–H and O–H groups in total. The summed E-state index contributed by atoms with van der Waals surface area (Å²) in [6.07, 6.45) is 13.0. The van der Waals surface area contributed by atoms with Crippen LogP contribution < -0.4 is 0 Å². The summed E-state index contributed by atoms with van der Waals surface area (Å²) in [5, 5.41) is 0. The lowest BCUT2D eigenvalue weighted by atomic mass is 9.91. The van der Waals surface area contributed by atoms with Gasteiger partial charge in [-0.1, -0.05) is 105 Å². The summed E-state index contributed by atoms with van der Waals surface area (Å²) in [6.45, 7) is 0. The fourth-order valence-electron chi connectivity index (χ4n) is 4.70. The Bertz CT molecular complexity index is 750. The van der Waals surface area contributed by atoms with Gasteiger partial charge < -0.3 is 4.74 Å². The van der Waals surface area contributed by atoms with E-state index < -0.39 is 0 Å². The Labute approximate surface area is 182 Å². The number of carbonyl (C=O) groups excluding carboxylic acids is 1. The molecule has 1 fully saturated rings. The molecule has 3 rings (SSSR count). The average Bonchev–Trinajstić information content (AvgIpc) is 3.25. The normalized spacial score (nSPS) is 15.9. The van der Waals surface area contributed by atoms with Crippen molar-refractivity contribution in [1.29, 1.82) is 0 Å². The van der Waals surface area contributed by atoms with Crippen molar-refractivity contribution in [3.05, 3.63) is 77.4 Å². The van der Waals surface area contributed by atoms with E-state index in [1.165, 1.54) is 75.2 Å². The number of benzene rings is 2. The second-order valence-electron chi connectivity index (χ2n) is 8.56. The fraction of sp³-hybridized carbons (Fsp3) is 0.464. The molecule has 0 aliphatic heterocycles. The monoisotopic (exact) mass is 404 g/mol. The van der Waals surface area contributed by atoms with Gasteiger partial charge in [0.1, 0.15) is 0 Å². The van der Waals surface area contributed by atoms with Gasteiger partial charge in [0.15, 0.2) is 0 Å². The number of ether oxygens (including phenoxy) is 1. The van der Waals surface area contributed by atoms with E-state index in [4.69, 9.17) is 4.74 Å². The number of esters is 1. The van der Waals surface area contributed by atoms with Crippen LogP contribution in [0.5, 0.6) is 0 Å². The van der Waals surface area contributed by atoms with E-state index in [2.05, 4.69) is 60.7 Å². The molecule has 2 aromatic rings. The standard InChI is InChI=1S/C28H36O2/c1-30-27(29)19-13-5-3-2-4-8-14-23-20-21-26(22-23)28(24-15-9-6-10-16-24)25-17-11-7-12-18-25/h6-7,9-12,15-18,23H,2-5,8,13-14,19-22H2,1H3. The summed E-state index contributed by atoms with van der Waals surface area (Å²) >= 11 is 0. The largest absolute Gasteiger partial charge is 0.469 e. The highest BCUT2D eigenvalue weighted by Crippen LogP contribution is 2.40. The first kappa shape index (κ1) is 22.3. The van der Waals surface area contributed by atoms with E-state index >= 15 is 0 Å². The summed E-state index contributed by atoms with van der Waals surface area (Å²) in [5.74, 6) is 0.757. The molecule has 0 bridgehead atoms. The topological polar surface area (TPSA) is 26.3 Å². The summed E-state index contributed by atoms with van der Waals surface area (Å²) in [7, 11) is 1.47. The van der Waals surface area contributed by atoms with Crippen molar-refractivity contribution < 1.29 is 9.53 Å². The second-order valence-corrected chi connectivity index (χ2v) is 8.56. The number of hydrogen-bond donors (Lipinski definition) is 0. The van der Waals surface area contributed by atoms with Crippen molar-refractivity contribution >= 4 is 11.5 Å². The SMILES string of the molecule is COC(=O)CCCCCCCCC1CCC(=C(c2ccccc2)c2ccccc2)C1. The maximum absolute atomic E-state index is 11.1. The molecule has 0 saturated heterocycles. The lowest BCUT2D eigenvalue weighted by Gasteiger charge is -2.14. The Kier molecular flexibility index (Phi) is 9.21. The minimum Gasteiger partial charge on any atom is -0.469 e. The first-order valence-corrected chi connectivity index (χ1v) is 11.7. The summed E-state index contributed by atoms with van der Waals surface area (Å²) in [6, 6.07) is 21.8. The molecule has 160 valence electrons. The van der Waals surface area contributed by atoms with Crippen LogP contribution in [-0.4, -0.2) is 13.1 Å². The molecule has 2 nitrogen and oxygen atoms in total. The number of methoxy groups -OCH3 is 1.